The molecule has 0 radical (unpaired) electrons. The van der Waals surface area contributed by atoms with E-state index in [1.165, 1.54) is 0 Å². The monoisotopic (exact) mass is 413 g/mol. The Hall–Kier alpha value is -4.13. The molecule has 4 N–H and O–H groups in total. The fraction of sp³-hybridized carbons (Fsp3) is 0.125. The highest BCUT2D eigenvalue weighted by Gasteiger charge is 2.26. The zero-order valence-corrected chi connectivity index (χ0v) is 16.9. The van der Waals surface area contributed by atoms with E-state index in [0.717, 1.165) is 28.3 Å². The highest BCUT2D eigenvalue weighted by atomic mass is 16.4. The Balaban J connectivity index is 1.63. The molecule has 3 aromatic rings. The standard InChI is InChI=1S/C24H23N5O2/c25-23(26)18-9-13-21(14-10-18)29-16-28(24(27-29)19-4-2-1-3-5-19)20-11-6-17(7-12-20)8-15-22(30)31/h1-7,9-14H,8,15-16H2,(H3,25,26)(H,30,31). The molecule has 0 bridgehead atoms. The summed E-state index contributed by atoms with van der Waals surface area (Å²) >= 11 is 0. The molecule has 0 fully saturated rings. The van der Waals surface area contributed by atoms with Gasteiger partial charge >= 0.3 is 5.97 Å². The molecule has 0 unspecified atom stereocenters. The third kappa shape index (κ3) is 4.56. The summed E-state index contributed by atoms with van der Waals surface area (Å²) in [6.07, 6.45) is 0.619. The summed E-state index contributed by atoms with van der Waals surface area (Å²) in [6, 6.07) is 25.3. The van der Waals surface area contributed by atoms with Gasteiger partial charge in [-0.3, -0.25) is 10.2 Å². The summed E-state index contributed by atoms with van der Waals surface area (Å²) in [6.45, 7) is 0.526. The van der Waals surface area contributed by atoms with Crippen molar-refractivity contribution in [2.24, 2.45) is 10.8 Å². The van der Waals surface area contributed by atoms with Crippen LogP contribution in [0, 0.1) is 5.41 Å². The highest BCUT2D eigenvalue weighted by molar-refractivity contribution is 6.12. The first-order valence-electron chi connectivity index (χ1n) is 9.95. The number of carboxylic acid groups (broad SMARTS) is 1. The number of hydrazone groups is 1. The predicted molar refractivity (Wildman–Crippen MR) is 123 cm³/mol. The lowest BCUT2D eigenvalue weighted by Gasteiger charge is -2.22. The molecule has 156 valence electrons. The number of nitrogen functional groups attached to an aromatic ring is 1. The van der Waals surface area contributed by atoms with Crippen LogP contribution in [-0.4, -0.2) is 29.4 Å². The topological polar surface area (TPSA) is 106 Å². The van der Waals surface area contributed by atoms with E-state index in [4.69, 9.17) is 21.4 Å². The zero-order valence-electron chi connectivity index (χ0n) is 16.9. The van der Waals surface area contributed by atoms with Gasteiger partial charge in [0.1, 0.15) is 12.5 Å². The van der Waals surface area contributed by atoms with Crippen LogP contribution in [0.1, 0.15) is 23.1 Å². The van der Waals surface area contributed by atoms with E-state index < -0.39 is 5.97 Å². The van der Waals surface area contributed by atoms with E-state index in [2.05, 4.69) is 4.90 Å². The number of nitrogens with zero attached hydrogens (tertiary/aromatic N) is 3. The van der Waals surface area contributed by atoms with Gasteiger partial charge in [-0.1, -0.05) is 42.5 Å². The maximum absolute atomic E-state index is 10.8. The minimum Gasteiger partial charge on any atom is -0.481 e. The van der Waals surface area contributed by atoms with Crippen LogP contribution in [-0.2, 0) is 11.2 Å². The molecule has 1 aliphatic heterocycles. The number of carboxylic acids is 1. The number of nitrogens with two attached hydrogens (primary N) is 1. The van der Waals surface area contributed by atoms with Crippen molar-refractivity contribution in [2.45, 2.75) is 12.8 Å². The van der Waals surface area contributed by atoms with E-state index in [1.807, 2.05) is 83.9 Å². The van der Waals surface area contributed by atoms with Crippen LogP contribution < -0.4 is 15.6 Å². The van der Waals surface area contributed by atoms with Crippen molar-refractivity contribution in [2.75, 3.05) is 16.6 Å². The van der Waals surface area contributed by atoms with Crippen LogP contribution in [0.3, 0.4) is 0 Å². The average Bonchev–Trinajstić information content (AvgIpc) is 3.24. The number of aliphatic carboxylic acids is 1. The summed E-state index contributed by atoms with van der Waals surface area (Å²) in [4.78, 5) is 12.9. The quantitative estimate of drug-likeness (QED) is 0.405. The van der Waals surface area contributed by atoms with E-state index in [1.54, 1.807) is 0 Å². The molecule has 7 nitrogen and oxygen atoms in total. The van der Waals surface area contributed by atoms with Crippen LogP contribution in [0.5, 0.6) is 0 Å². The SMILES string of the molecule is N=C(N)c1ccc(N2CN(c3ccc(CCC(=O)O)cc3)C(c3ccccc3)=N2)cc1. The van der Waals surface area contributed by atoms with E-state index in [-0.39, 0.29) is 12.3 Å². The number of benzene rings is 3. The molecule has 0 amide bonds. The van der Waals surface area contributed by atoms with Crippen LogP contribution in [0.15, 0.2) is 84.0 Å². The maximum atomic E-state index is 10.8. The number of carbonyl (C=O) groups is 1. The minimum absolute atomic E-state index is 0.0334. The zero-order chi connectivity index (χ0) is 21.8. The van der Waals surface area contributed by atoms with Gasteiger partial charge in [0.25, 0.3) is 0 Å². The summed E-state index contributed by atoms with van der Waals surface area (Å²) in [5, 5.41) is 23.2. The number of hydrogen-bond acceptors (Lipinski definition) is 5. The van der Waals surface area contributed by atoms with Crippen molar-refractivity contribution in [3.63, 3.8) is 0 Å². The van der Waals surface area contributed by atoms with Crippen LogP contribution in [0.2, 0.25) is 0 Å². The summed E-state index contributed by atoms with van der Waals surface area (Å²) in [5.74, 6) is 0.0640. The summed E-state index contributed by atoms with van der Waals surface area (Å²) < 4.78 is 0. The second-order valence-corrected chi connectivity index (χ2v) is 7.28. The Morgan fingerprint density at radius 1 is 0.968 bits per heavy atom. The molecular formula is C24H23N5O2. The molecule has 0 aromatic heterocycles. The fourth-order valence-electron chi connectivity index (χ4n) is 3.45. The summed E-state index contributed by atoms with van der Waals surface area (Å²) in [5.41, 5.74) is 10.1. The van der Waals surface area contributed by atoms with E-state index in [0.29, 0.717) is 18.7 Å². The molecule has 1 aliphatic rings. The third-order valence-corrected chi connectivity index (χ3v) is 5.13. The van der Waals surface area contributed by atoms with Crippen molar-refractivity contribution in [1.82, 2.24) is 0 Å². The van der Waals surface area contributed by atoms with Crippen molar-refractivity contribution in [1.29, 1.82) is 5.41 Å². The molecule has 31 heavy (non-hydrogen) atoms. The lowest BCUT2D eigenvalue weighted by Crippen LogP contribution is -2.31. The Bertz CT molecular complexity index is 1110. The van der Waals surface area contributed by atoms with Crippen LogP contribution >= 0.6 is 0 Å². The average molecular weight is 413 g/mol. The Labute approximate surface area is 180 Å². The summed E-state index contributed by atoms with van der Waals surface area (Å²) in [7, 11) is 0. The molecule has 0 saturated carbocycles. The maximum Gasteiger partial charge on any atom is 0.303 e. The van der Waals surface area contributed by atoms with E-state index >= 15 is 0 Å². The van der Waals surface area contributed by atoms with Crippen LogP contribution in [0.4, 0.5) is 11.4 Å². The number of amidine groups is 2. The molecular weight excluding hydrogens is 390 g/mol. The largest absolute Gasteiger partial charge is 0.481 e. The molecule has 0 spiro atoms. The van der Waals surface area contributed by atoms with Gasteiger partial charge in [0.05, 0.1) is 5.69 Å². The molecule has 3 aromatic carbocycles. The Kier molecular flexibility index (Phi) is 5.66. The first kappa shape index (κ1) is 20.2. The smallest absolute Gasteiger partial charge is 0.303 e. The van der Waals surface area contributed by atoms with Gasteiger partial charge in [-0.15, -0.1) is 0 Å². The first-order valence-corrected chi connectivity index (χ1v) is 9.95. The Morgan fingerprint density at radius 3 is 2.23 bits per heavy atom. The molecule has 0 saturated heterocycles. The minimum atomic E-state index is -0.798. The number of aryl methyl sites for hydroxylation is 1. The van der Waals surface area contributed by atoms with Gasteiger partial charge in [0, 0.05) is 23.2 Å². The highest BCUT2D eigenvalue weighted by Crippen LogP contribution is 2.27. The second-order valence-electron chi connectivity index (χ2n) is 7.28. The normalized spacial score (nSPS) is 13.2. The van der Waals surface area contributed by atoms with Crippen LogP contribution in [0.25, 0.3) is 0 Å². The Morgan fingerprint density at radius 2 is 1.61 bits per heavy atom. The number of hydrogen-bond donors (Lipinski definition) is 3. The molecule has 4 rings (SSSR count). The first-order chi connectivity index (χ1) is 15.0. The number of nitrogens with one attached hydrogen (secondary N) is 1. The molecule has 0 atom stereocenters. The lowest BCUT2D eigenvalue weighted by atomic mass is 10.1. The molecule has 1 heterocycles. The second kappa shape index (κ2) is 8.71. The molecule has 0 aliphatic carbocycles. The van der Waals surface area contributed by atoms with Crippen molar-refractivity contribution >= 4 is 29.0 Å². The van der Waals surface area contributed by atoms with Gasteiger partial charge in [0.2, 0.25) is 0 Å². The molecule has 7 heteroatoms. The fourth-order valence-corrected chi connectivity index (χ4v) is 3.45. The van der Waals surface area contributed by atoms with Gasteiger partial charge < -0.3 is 15.7 Å². The third-order valence-electron chi connectivity index (χ3n) is 5.13. The van der Waals surface area contributed by atoms with Gasteiger partial charge in [-0.05, 0) is 48.4 Å². The van der Waals surface area contributed by atoms with Crippen molar-refractivity contribution < 1.29 is 9.90 Å². The number of anilines is 2. The van der Waals surface area contributed by atoms with Gasteiger partial charge in [0.15, 0.2) is 5.84 Å². The predicted octanol–water partition coefficient (Wildman–Crippen LogP) is 3.63. The van der Waals surface area contributed by atoms with Crippen molar-refractivity contribution in [3.05, 3.63) is 95.6 Å². The van der Waals surface area contributed by atoms with Crippen molar-refractivity contribution in [3.8, 4) is 0 Å². The van der Waals surface area contributed by atoms with Gasteiger partial charge in [-0.25, -0.2) is 5.01 Å². The number of rotatable bonds is 7. The van der Waals surface area contributed by atoms with Gasteiger partial charge in [-0.2, -0.15) is 5.10 Å². The lowest BCUT2D eigenvalue weighted by molar-refractivity contribution is -0.136. The van der Waals surface area contributed by atoms with E-state index in [9.17, 15) is 4.79 Å².